The predicted octanol–water partition coefficient (Wildman–Crippen LogP) is 2.60. The maximum atomic E-state index is 11.1. The molecule has 9 nitrogen and oxygen atoms in total. The van der Waals surface area contributed by atoms with Gasteiger partial charge < -0.3 is 29.7 Å². The number of carbonyl (C=O) groups is 1. The first kappa shape index (κ1) is 20.0. The van der Waals surface area contributed by atoms with Gasteiger partial charge in [-0.25, -0.2) is 9.97 Å². The first-order chi connectivity index (χ1) is 14.0. The Hall–Kier alpha value is -3.75. The molecule has 0 spiro atoms. The lowest BCUT2D eigenvalue weighted by Crippen LogP contribution is -2.07. The third kappa shape index (κ3) is 4.23. The van der Waals surface area contributed by atoms with E-state index in [-0.39, 0.29) is 17.7 Å². The number of hydrogen-bond acceptors (Lipinski definition) is 8. The second kappa shape index (κ2) is 8.51. The minimum atomic E-state index is -1.04. The predicted molar refractivity (Wildman–Crippen MR) is 106 cm³/mol. The number of rotatable bonds is 8. The molecule has 2 aromatic carbocycles. The largest absolute Gasteiger partial charge is 0.508 e. The molecule has 1 heterocycles. The number of aliphatic carboxylic acids is 1. The summed E-state index contributed by atoms with van der Waals surface area (Å²) in [6.07, 6.45) is 1.06. The highest BCUT2D eigenvalue weighted by Gasteiger charge is 2.15. The average Bonchev–Trinajstić information content (AvgIpc) is 2.71. The van der Waals surface area contributed by atoms with Crippen molar-refractivity contribution in [1.82, 2.24) is 9.97 Å². The number of ether oxygens (including phenoxy) is 3. The molecule has 0 amide bonds. The fourth-order valence-electron chi connectivity index (χ4n) is 3.01. The second-order valence-corrected chi connectivity index (χ2v) is 6.15. The van der Waals surface area contributed by atoms with Crippen molar-refractivity contribution in [2.75, 3.05) is 26.6 Å². The highest BCUT2D eigenvalue weighted by atomic mass is 16.5. The number of phenolic OH excluding ortho intramolecular Hbond substituents is 1. The number of benzene rings is 2. The minimum Gasteiger partial charge on any atom is -0.508 e. The molecule has 0 bridgehead atoms. The highest BCUT2D eigenvalue weighted by Crippen LogP contribution is 2.35. The summed E-state index contributed by atoms with van der Waals surface area (Å²) in [6.45, 7) is 0.317. The van der Waals surface area contributed by atoms with Gasteiger partial charge in [0.1, 0.15) is 35.1 Å². The zero-order valence-electron chi connectivity index (χ0n) is 16.2. The summed E-state index contributed by atoms with van der Waals surface area (Å²) in [7, 11) is 4.67. The fourth-order valence-corrected chi connectivity index (χ4v) is 3.01. The fraction of sp³-hybridized carbons (Fsp3) is 0.250. The van der Waals surface area contributed by atoms with E-state index in [1.807, 2.05) is 0 Å². The first-order valence-electron chi connectivity index (χ1n) is 8.68. The number of hydrogen-bond donors (Lipinski definition) is 3. The number of aromatic nitrogens is 2. The summed E-state index contributed by atoms with van der Waals surface area (Å²) in [5.41, 5.74) is 1.53. The number of carboxylic acid groups (broad SMARTS) is 1. The van der Waals surface area contributed by atoms with Gasteiger partial charge in [-0.05, 0) is 6.07 Å². The molecular weight excluding hydrogens is 378 g/mol. The third-order valence-corrected chi connectivity index (χ3v) is 4.43. The molecule has 3 rings (SSSR count). The van der Waals surface area contributed by atoms with E-state index in [0.717, 1.165) is 5.56 Å². The van der Waals surface area contributed by atoms with Crippen LogP contribution >= 0.6 is 0 Å². The van der Waals surface area contributed by atoms with Crippen molar-refractivity contribution in [3.05, 3.63) is 41.7 Å². The standard InChI is InChI=1S/C20H21N3O6/c1-27-12-6-17(28-2)14(18(7-12)29-3)9-21-20-13-4-11(5-19(25)26)16(24)8-15(13)22-10-23-20/h4,6-8,10,24H,5,9H2,1-3H3,(H,25,26)(H,21,22,23). The van der Waals surface area contributed by atoms with E-state index in [4.69, 9.17) is 19.3 Å². The van der Waals surface area contributed by atoms with Crippen LogP contribution in [0.5, 0.6) is 23.0 Å². The Kier molecular flexibility index (Phi) is 5.87. The molecule has 1 aromatic heterocycles. The van der Waals surface area contributed by atoms with Crippen LogP contribution in [-0.2, 0) is 17.8 Å². The Morgan fingerprint density at radius 2 is 1.72 bits per heavy atom. The minimum absolute atomic E-state index is 0.122. The lowest BCUT2D eigenvalue weighted by Gasteiger charge is -2.16. The van der Waals surface area contributed by atoms with Crippen molar-refractivity contribution >= 4 is 22.7 Å². The van der Waals surface area contributed by atoms with E-state index in [1.165, 1.54) is 12.4 Å². The van der Waals surface area contributed by atoms with E-state index in [9.17, 15) is 9.90 Å². The number of carboxylic acids is 1. The van der Waals surface area contributed by atoms with Crippen molar-refractivity contribution in [3.63, 3.8) is 0 Å². The highest BCUT2D eigenvalue weighted by molar-refractivity contribution is 5.91. The smallest absolute Gasteiger partial charge is 0.307 e. The molecule has 0 saturated carbocycles. The molecule has 3 aromatic rings. The Morgan fingerprint density at radius 3 is 2.31 bits per heavy atom. The molecule has 0 aliphatic rings. The van der Waals surface area contributed by atoms with Crippen molar-refractivity contribution in [1.29, 1.82) is 0 Å². The number of aromatic hydroxyl groups is 1. The molecule has 9 heteroatoms. The van der Waals surface area contributed by atoms with Crippen LogP contribution in [0.25, 0.3) is 10.9 Å². The van der Waals surface area contributed by atoms with Crippen LogP contribution in [0, 0.1) is 0 Å². The Morgan fingerprint density at radius 1 is 1.03 bits per heavy atom. The van der Waals surface area contributed by atoms with Gasteiger partial charge in [0, 0.05) is 35.7 Å². The third-order valence-electron chi connectivity index (χ3n) is 4.43. The van der Waals surface area contributed by atoms with Crippen molar-refractivity contribution in [3.8, 4) is 23.0 Å². The van der Waals surface area contributed by atoms with Gasteiger partial charge in [-0.15, -0.1) is 0 Å². The summed E-state index contributed by atoms with van der Waals surface area (Å²) >= 11 is 0. The van der Waals surface area contributed by atoms with Crippen molar-refractivity contribution in [2.45, 2.75) is 13.0 Å². The second-order valence-electron chi connectivity index (χ2n) is 6.15. The Bertz CT molecular complexity index is 1030. The van der Waals surface area contributed by atoms with Gasteiger partial charge >= 0.3 is 5.97 Å². The monoisotopic (exact) mass is 399 g/mol. The van der Waals surface area contributed by atoms with Gasteiger partial charge in [-0.3, -0.25) is 4.79 Å². The number of methoxy groups -OCH3 is 3. The van der Waals surface area contributed by atoms with Gasteiger partial charge in [-0.2, -0.15) is 0 Å². The van der Waals surface area contributed by atoms with Crippen LogP contribution in [0.2, 0.25) is 0 Å². The van der Waals surface area contributed by atoms with Gasteiger partial charge in [0.05, 0.1) is 38.8 Å². The molecule has 0 aliphatic heterocycles. The number of nitrogens with zero attached hydrogens (tertiary/aromatic N) is 2. The summed E-state index contributed by atoms with van der Waals surface area (Å²) < 4.78 is 16.2. The van der Waals surface area contributed by atoms with E-state index < -0.39 is 5.97 Å². The molecule has 0 unspecified atom stereocenters. The van der Waals surface area contributed by atoms with Crippen LogP contribution < -0.4 is 19.5 Å². The average molecular weight is 399 g/mol. The molecule has 3 N–H and O–H groups in total. The van der Waals surface area contributed by atoms with Crippen molar-refractivity contribution < 1.29 is 29.2 Å². The zero-order valence-corrected chi connectivity index (χ0v) is 16.2. The number of nitrogens with one attached hydrogen (secondary N) is 1. The summed E-state index contributed by atoms with van der Waals surface area (Å²) in [5.74, 6) is 1.08. The molecular formula is C20H21N3O6. The van der Waals surface area contributed by atoms with E-state index in [2.05, 4.69) is 15.3 Å². The van der Waals surface area contributed by atoms with E-state index in [0.29, 0.717) is 40.5 Å². The Labute approximate surface area is 166 Å². The molecule has 29 heavy (non-hydrogen) atoms. The van der Waals surface area contributed by atoms with Crippen molar-refractivity contribution in [2.24, 2.45) is 0 Å². The van der Waals surface area contributed by atoms with Crippen LogP contribution in [0.4, 0.5) is 5.82 Å². The van der Waals surface area contributed by atoms with E-state index in [1.54, 1.807) is 39.5 Å². The molecule has 0 radical (unpaired) electrons. The van der Waals surface area contributed by atoms with E-state index >= 15 is 0 Å². The quantitative estimate of drug-likeness (QED) is 0.524. The number of anilines is 1. The summed E-state index contributed by atoms with van der Waals surface area (Å²) in [5, 5.41) is 22.9. The van der Waals surface area contributed by atoms with Crippen LogP contribution in [0.1, 0.15) is 11.1 Å². The lowest BCUT2D eigenvalue weighted by molar-refractivity contribution is -0.136. The lowest BCUT2D eigenvalue weighted by atomic mass is 10.1. The Balaban J connectivity index is 1.98. The van der Waals surface area contributed by atoms with Gasteiger partial charge in [-0.1, -0.05) is 0 Å². The normalized spacial score (nSPS) is 10.6. The first-order valence-corrected chi connectivity index (χ1v) is 8.68. The van der Waals surface area contributed by atoms with Crippen LogP contribution in [0.3, 0.4) is 0 Å². The topological polar surface area (TPSA) is 123 Å². The number of phenols is 1. The maximum Gasteiger partial charge on any atom is 0.307 e. The number of fused-ring (bicyclic) bond motifs is 1. The van der Waals surface area contributed by atoms with Crippen LogP contribution in [0.15, 0.2) is 30.6 Å². The molecule has 152 valence electrons. The molecule has 0 aliphatic carbocycles. The molecule has 0 atom stereocenters. The SMILES string of the molecule is COc1cc(OC)c(CNc2ncnc3cc(O)c(CC(=O)O)cc23)c(OC)c1. The molecule has 0 fully saturated rings. The summed E-state index contributed by atoms with van der Waals surface area (Å²) in [4.78, 5) is 19.5. The van der Waals surface area contributed by atoms with Gasteiger partial charge in [0.2, 0.25) is 0 Å². The summed E-state index contributed by atoms with van der Waals surface area (Å²) in [6, 6.07) is 6.50. The van der Waals surface area contributed by atoms with Crippen LogP contribution in [-0.4, -0.2) is 47.5 Å². The molecule has 0 saturated heterocycles. The maximum absolute atomic E-state index is 11.1. The van der Waals surface area contributed by atoms with Gasteiger partial charge in [0.15, 0.2) is 0 Å². The van der Waals surface area contributed by atoms with Gasteiger partial charge in [0.25, 0.3) is 0 Å². The zero-order chi connectivity index (χ0) is 21.0.